The van der Waals surface area contributed by atoms with E-state index in [0.29, 0.717) is 15.6 Å². The lowest BCUT2D eigenvalue weighted by atomic mass is 10.0. The Kier molecular flexibility index (Phi) is 11.3. The quantitative estimate of drug-likeness (QED) is 0.176. The van der Waals surface area contributed by atoms with Gasteiger partial charge in [0.15, 0.2) is 0 Å². The molecule has 0 fully saturated rings. The van der Waals surface area contributed by atoms with Crippen molar-refractivity contribution < 1.29 is 18.0 Å². The first kappa shape index (κ1) is 33.3. The third kappa shape index (κ3) is 8.12. The number of nitrogens with zero attached hydrogens (tertiary/aromatic N) is 2. The fraction of sp³-hybridized carbons (Fsp3) is 0.212. The molecule has 230 valence electrons. The molecule has 2 amide bonds. The van der Waals surface area contributed by atoms with Crippen molar-refractivity contribution in [1.29, 1.82) is 0 Å². The molecule has 1 atom stereocenters. The topological polar surface area (TPSA) is 86.8 Å². The number of carbonyl (C=O) groups excluding carboxylic acids is 2. The van der Waals surface area contributed by atoms with Gasteiger partial charge in [0.2, 0.25) is 11.8 Å². The molecule has 4 rings (SSSR count). The van der Waals surface area contributed by atoms with E-state index in [2.05, 4.69) is 5.32 Å². The molecule has 4 aromatic rings. The molecule has 1 unspecified atom stereocenters. The second-order valence-electron chi connectivity index (χ2n) is 10.4. The molecule has 1 N–H and O–H groups in total. The van der Waals surface area contributed by atoms with Crippen LogP contribution in [0.25, 0.3) is 0 Å². The van der Waals surface area contributed by atoms with Crippen LogP contribution in [0.15, 0.2) is 108 Å². The fourth-order valence-electron chi connectivity index (χ4n) is 4.68. The summed E-state index contributed by atoms with van der Waals surface area (Å²) in [6.45, 7) is 2.84. The predicted octanol–water partition coefficient (Wildman–Crippen LogP) is 7.01. The molecule has 0 heterocycles. The summed E-state index contributed by atoms with van der Waals surface area (Å²) in [4.78, 5) is 29.6. The summed E-state index contributed by atoms with van der Waals surface area (Å²) in [6.07, 6.45) is 0.157. The number of benzene rings is 4. The lowest BCUT2D eigenvalue weighted by Crippen LogP contribution is -2.54. The van der Waals surface area contributed by atoms with Crippen molar-refractivity contribution in [2.75, 3.05) is 10.8 Å². The van der Waals surface area contributed by atoms with Crippen LogP contribution >= 0.6 is 34.8 Å². The number of hydrogen-bond donors (Lipinski definition) is 1. The molecule has 0 aliphatic carbocycles. The average Bonchev–Trinajstić information content (AvgIpc) is 3.00. The first-order valence-corrected chi connectivity index (χ1v) is 16.5. The van der Waals surface area contributed by atoms with Gasteiger partial charge in [0.05, 0.1) is 15.6 Å². The molecule has 44 heavy (non-hydrogen) atoms. The molecule has 4 aromatic carbocycles. The average molecular weight is 673 g/mol. The number of rotatable bonds is 12. The minimum absolute atomic E-state index is 0.0215. The summed E-state index contributed by atoms with van der Waals surface area (Å²) in [5, 5.41) is 3.66. The molecule has 0 saturated heterocycles. The van der Waals surface area contributed by atoms with Crippen molar-refractivity contribution in [3.8, 4) is 0 Å². The van der Waals surface area contributed by atoms with Gasteiger partial charge >= 0.3 is 0 Å². The molecule has 0 bridgehead atoms. The van der Waals surface area contributed by atoms with E-state index in [-0.39, 0.29) is 34.6 Å². The molecule has 0 aliphatic rings. The monoisotopic (exact) mass is 671 g/mol. The molecular formula is C33H32Cl3N3O4S. The number of amides is 2. The van der Waals surface area contributed by atoms with Crippen LogP contribution in [0.5, 0.6) is 0 Å². The van der Waals surface area contributed by atoms with Gasteiger partial charge in [0.25, 0.3) is 10.0 Å². The predicted molar refractivity (Wildman–Crippen MR) is 177 cm³/mol. The van der Waals surface area contributed by atoms with Crippen LogP contribution in [-0.4, -0.2) is 43.8 Å². The summed E-state index contributed by atoms with van der Waals surface area (Å²) in [5.41, 5.74) is 1.35. The van der Waals surface area contributed by atoms with Crippen LogP contribution in [0.3, 0.4) is 0 Å². The van der Waals surface area contributed by atoms with Gasteiger partial charge < -0.3 is 10.2 Å². The summed E-state index contributed by atoms with van der Waals surface area (Å²) in [7, 11) is -4.27. The standard InChI is InChI=1S/C33H32Cl3N3O4S/c1-23(2)37-33(41)31(20-24-12-5-3-6-13-24)38(21-26-27(34)17-11-18-28(26)35)32(40)22-39(30-19-10-9-16-29(30)36)44(42,43)25-14-7-4-8-15-25/h3-19,23,31H,20-22H2,1-2H3,(H,37,41). The van der Waals surface area contributed by atoms with Gasteiger partial charge in [0, 0.05) is 34.6 Å². The minimum atomic E-state index is -4.27. The molecule has 0 aliphatic heterocycles. The van der Waals surface area contributed by atoms with E-state index in [1.807, 2.05) is 44.2 Å². The number of para-hydroxylation sites is 1. The maximum Gasteiger partial charge on any atom is 0.264 e. The van der Waals surface area contributed by atoms with Gasteiger partial charge in [-0.15, -0.1) is 0 Å². The molecule has 7 nitrogen and oxygen atoms in total. The highest BCUT2D eigenvalue weighted by Gasteiger charge is 2.35. The van der Waals surface area contributed by atoms with E-state index >= 15 is 0 Å². The number of hydrogen-bond acceptors (Lipinski definition) is 4. The molecule has 11 heteroatoms. The van der Waals surface area contributed by atoms with E-state index in [0.717, 1.165) is 9.87 Å². The number of halogens is 3. The lowest BCUT2D eigenvalue weighted by Gasteiger charge is -2.34. The Morgan fingerprint density at radius 2 is 1.30 bits per heavy atom. The largest absolute Gasteiger partial charge is 0.352 e. The maximum atomic E-state index is 14.5. The second-order valence-corrected chi connectivity index (χ2v) is 13.5. The summed E-state index contributed by atoms with van der Waals surface area (Å²) < 4.78 is 29.0. The number of carbonyl (C=O) groups is 2. The third-order valence-corrected chi connectivity index (χ3v) is 9.63. The van der Waals surface area contributed by atoms with Crippen LogP contribution in [0.2, 0.25) is 15.1 Å². The van der Waals surface area contributed by atoms with Crippen LogP contribution in [0.1, 0.15) is 25.0 Å². The minimum Gasteiger partial charge on any atom is -0.352 e. The molecule has 0 aromatic heterocycles. The third-order valence-electron chi connectivity index (χ3n) is 6.82. The van der Waals surface area contributed by atoms with Crippen molar-refractivity contribution in [3.63, 3.8) is 0 Å². The second kappa shape index (κ2) is 14.9. The number of anilines is 1. The van der Waals surface area contributed by atoms with Crippen LogP contribution in [0, 0.1) is 0 Å². The zero-order valence-corrected chi connectivity index (χ0v) is 27.2. The molecule has 0 radical (unpaired) electrons. The molecule has 0 spiro atoms. The van der Waals surface area contributed by atoms with E-state index < -0.39 is 34.4 Å². The van der Waals surface area contributed by atoms with E-state index in [1.54, 1.807) is 54.6 Å². The van der Waals surface area contributed by atoms with Crippen LogP contribution in [0.4, 0.5) is 5.69 Å². The molecule has 0 saturated carbocycles. The van der Waals surface area contributed by atoms with Gasteiger partial charge in [-0.3, -0.25) is 13.9 Å². The zero-order valence-electron chi connectivity index (χ0n) is 24.2. The van der Waals surface area contributed by atoms with Gasteiger partial charge in [0.1, 0.15) is 12.6 Å². The number of sulfonamides is 1. The summed E-state index contributed by atoms with van der Waals surface area (Å²) >= 11 is 19.6. The highest BCUT2D eigenvalue weighted by molar-refractivity contribution is 7.92. The van der Waals surface area contributed by atoms with Crippen molar-refractivity contribution >= 4 is 62.3 Å². The van der Waals surface area contributed by atoms with Gasteiger partial charge in [-0.25, -0.2) is 8.42 Å². The maximum absolute atomic E-state index is 14.5. The van der Waals surface area contributed by atoms with E-state index in [4.69, 9.17) is 34.8 Å². The Labute approximate surface area is 273 Å². The fourth-order valence-corrected chi connectivity index (χ4v) is 6.93. The lowest BCUT2D eigenvalue weighted by molar-refractivity contribution is -0.140. The number of nitrogens with one attached hydrogen (secondary N) is 1. The smallest absolute Gasteiger partial charge is 0.264 e. The first-order chi connectivity index (χ1) is 21.0. The molecular weight excluding hydrogens is 641 g/mol. The Morgan fingerprint density at radius 1 is 0.750 bits per heavy atom. The van der Waals surface area contributed by atoms with Crippen LogP contribution in [-0.2, 0) is 32.6 Å². The normalized spacial score (nSPS) is 12.0. The van der Waals surface area contributed by atoms with Crippen molar-refractivity contribution in [2.24, 2.45) is 0 Å². The highest BCUT2D eigenvalue weighted by Crippen LogP contribution is 2.32. The summed E-state index contributed by atoms with van der Waals surface area (Å²) in [6, 6.07) is 27.1. The first-order valence-electron chi connectivity index (χ1n) is 13.9. The van der Waals surface area contributed by atoms with Gasteiger partial charge in [-0.1, -0.05) is 102 Å². The SMILES string of the molecule is CC(C)NC(=O)C(Cc1ccccc1)N(Cc1c(Cl)cccc1Cl)C(=O)CN(c1ccccc1Cl)S(=O)(=O)c1ccccc1. The van der Waals surface area contributed by atoms with E-state index in [9.17, 15) is 18.0 Å². The Balaban J connectivity index is 1.84. The summed E-state index contributed by atoms with van der Waals surface area (Å²) in [5.74, 6) is -1.06. The van der Waals surface area contributed by atoms with E-state index in [1.165, 1.54) is 23.1 Å². The highest BCUT2D eigenvalue weighted by atomic mass is 35.5. The van der Waals surface area contributed by atoms with Gasteiger partial charge in [-0.05, 0) is 55.8 Å². The van der Waals surface area contributed by atoms with Crippen molar-refractivity contribution in [1.82, 2.24) is 10.2 Å². The van der Waals surface area contributed by atoms with Crippen molar-refractivity contribution in [3.05, 3.63) is 129 Å². The van der Waals surface area contributed by atoms with Gasteiger partial charge in [-0.2, -0.15) is 0 Å². The Hall–Kier alpha value is -3.56. The Bertz CT molecular complexity index is 1680. The Morgan fingerprint density at radius 3 is 1.89 bits per heavy atom. The van der Waals surface area contributed by atoms with Crippen molar-refractivity contribution in [2.45, 2.75) is 43.8 Å². The van der Waals surface area contributed by atoms with Crippen LogP contribution < -0.4 is 9.62 Å². The zero-order chi connectivity index (χ0) is 31.9.